The van der Waals surface area contributed by atoms with Gasteiger partial charge in [-0.3, -0.25) is 4.79 Å². The van der Waals surface area contributed by atoms with Crippen LogP contribution in [0, 0.1) is 17.8 Å². The highest BCUT2D eigenvalue weighted by atomic mass is 16.4. The fourth-order valence-electron chi connectivity index (χ4n) is 2.76. The Morgan fingerprint density at radius 1 is 1.15 bits per heavy atom. The highest BCUT2D eigenvalue weighted by Crippen LogP contribution is 2.45. The second-order valence-corrected chi connectivity index (χ2v) is 4.16. The first kappa shape index (κ1) is 8.97. The molecule has 3 aliphatic rings. The molecule has 0 heterocycles. The summed E-state index contributed by atoms with van der Waals surface area (Å²) in [6.45, 7) is 0. The third-order valence-electron chi connectivity index (χ3n) is 3.53. The Morgan fingerprint density at radius 2 is 1.85 bits per heavy atom. The fraction of sp³-hybridized carbons (Fsp3) is 0.889. The summed E-state index contributed by atoms with van der Waals surface area (Å²) in [7, 11) is 0. The van der Waals surface area contributed by atoms with Crippen LogP contribution in [0.15, 0.2) is 0 Å². The van der Waals surface area contributed by atoms with Crippen LogP contribution in [0.25, 0.3) is 0 Å². The molecule has 0 spiro atoms. The molecule has 0 radical (unpaired) electrons. The largest absolute Gasteiger partial charge is 0.481 e. The van der Waals surface area contributed by atoms with Crippen LogP contribution in [-0.2, 0) is 4.79 Å². The number of hydrogen-bond acceptors (Lipinski definition) is 3. The van der Waals surface area contributed by atoms with Crippen LogP contribution in [-0.4, -0.2) is 33.5 Å². The van der Waals surface area contributed by atoms with Crippen molar-refractivity contribution in [2.45, 2.75) is 31.5 Å². The van der Waals surface area contributed by atoms with Crippen molar-refractivity contribution in [3.63, 3.8) is 0 Å². The molecule has 0 amide bonds. The smallest absolute Gasteiger partial charge is 0.306 e. The minimum Gasteiger partial charge on any atom is -0.481 e. The van der Waals surface area contributed by atoms with Crippen LogP contribution in [0.4, 0.5) is 0 Å². The molecule has 3 fully saturated rings. The van der Waals surface area contributed by atoms with Crippen LogP contribution in [0.3, 0.4) is 0 Å². The first-order valence-corrected chi connectivity index (χ1v) is 4.70. The average Bonchev–Trinajstić information content (AvgIpc) is 2.12. The van der Waals surface area contributed by atoms with Gasteiger partial charge < -0.3 is 15.3 Å². The lowest BCUT2D eigenvalue weighted by atomic mass is 9.62. The quantitative estimate of drug-likeness (QED) is 0.531. The molecule has 5 atom stereocenters. The maximum atomic E-state index is 10.8. The van der Waals surface area contributed by atoms with Crippen molar-refractivity contribution in [1.82, 2.24) is 0 Å². The molecule has 0 aromatic heterocycles. The fourth-order valence-corrected chi connectivity index (χ4v) is 2.76. The predicted molar refractivity (Wildman–Crippen MR) is 44.0 cm³/mol. The monoisotopic (exact) mass is 186 g/mol. The molecule has 0 aromatic rings. The number of carboxylic acids is 1. The van der Waals surface area contributed by atoms with E-state index in [1.807, 2.05) is 0 Å². The molecular formula is C9H14O4. The molecule has 13 heavy (non-hydrogen) atoms. The minimum atomic E-state index is -0.833. The highest BCUT2D eigenvalue weighted by molar-refractivity contribution is 5.71. The number of aliphatic carboxylic acids is 1. The molecule has 2 bridgehead atoms. The third-order valence-corrected chi connectivity index (χ3v) is 3.53. The van der Waals surface area contributed by atoms with Crippen molar-refractivity contribution in [2.24, 2.45) is 17.8 Å². The molecule has 3 saturated carbocycles. The molecule has 4 heteroatoms. The van der Waals surface area contributed by atoms with Crippen molar-refractivity contribution < 1.29 is 20.1 Å². The lowest BCUT2D eigenvalue weighted by Crippen LogP contribution is -2.53. The van der Waals surface area contributed by atoms with E-state index >= 15 is 0 Å². The van der Waals surface area contributed by atoms with Gasteiger partial charge in [0.05, 0.1) is 18.1 Å². The summed E-state index contributed by atoms with van der Waals surface area (Å²) in [6, 6.07) is 0. The molecular weight excluding hydrogens is 172 g/mol. The van der Waals surface area contributed by atoms with Gasteiger partial charge in [0.15, 0.2) is 0 Å². The Balaban J connectivity index is 2.18. The van der Waals surface area contributed by atoms with E-state index in [2.05, 4.69) is 0 Å². The summed E-state index contributed by atoms with van der Waals surface area (Å²) in [5, 5.41) is 28.0. The standard InChI is InChI=1S/C9H14O4/c10-7-4-1-2-5(8(7)11)6(3-4)9(12)13/h4-8,10-11H,1-3H2,(H,12,13)/t4-,5+,6-,7-,8+/m0/s1. The SMILES string of the molecule is O=C(O)[C@H]1C[C@@H]2CC[C@H]1[C@@H](O)[C@H]2O. The van der Waals surface area contributed by atoms with Crippen molar-refractivity contribution in [1.29, 1.82) is 0 Å². The normalized spacial score (nSPS) is 49.2. The summed E-state index contributed by atoms with van der Waals surface area (Å²) in [6.07, 6.45) is 0.591. The molecule has 74 valence electrons. The topological polar surface area (TPSA) is 77.8 Å². The van der Waals surface area contributed by atoms with E-state index in [1.54, 1.807) is 0 Å². The van der Waals surface area contributed by atoms with E-state index in [0.29, 0.717) is 6.42 Å². The number of carbonyl (C=O) groups is 1. The van der Waals surface area contributed by atoms with Crippen LogP contribution < -0.4 is 0 Å². The van der Waals surface area contributed by atoms with Gasteiger partial charge in [0.2, 0.25) is 0 Å². The number of rotatable bonds is 1. The van der Waals surface area contributed by atoms with Crippen molar-refractivity contribution in [3.05, 3.63) is 0 Å². The van der Waals surface area contributed by atoms with E-state index in [1.165, 1.54) is 0 Å². The molecule has 0 aliphatic heterocycles. The molecule has 0 saturated heterocycles. The maximum absolute atomic E-state index is 10.8. The van der Waals surface area contributed by atoms with Crippen LogP contribution >= 0.6 is 0 Å². The predicted octanol–water partition coefficient (Wildman–Crippen LogP) is -0.161. The number of hydrogen-bond donors (Lipinski definition) is 3. The van der Waals surface area contributed by atoms with Gasteiger partial charge in [-0.05, 0) is 25.2 Å². The maximum Gasteiger partial charge on any atom is 0.306 e. The molecule has 3 aliphatic carbocycles. The van der Waals surface area contributed by atoms with Gasteiger partial charge in [0.25, 0.3) is 0 Å². The van der Waals surface area contributed by atoms with E-state index in [9.17, 15) is 15.0 Å². The van der Waals surface area contributed by atoms with Gasteiger partial charge in [-0.15, -0.1) is 0 Å². The summed E-state index contributed by atoms with van der Waals surface area (Å²) in [5.74, 6) is -1.53. The third kappa shape index (κ3) is 1.25. The van der Waals surface area contributed by atoms with Gasteiger partial charge in [-0.2, -0.15) is 0 Å². The Kier molecular flexibility index (Phi) is 2.04. The van der Waals surface area contributed by atoms with E-state index in [-0.39, 0.29) is 11.8 Å². The van der Waals surface area contributed by atoms with Crippen LogP contribution in [0.5, 0.6) is 0 Å². The van der Waals surface area contributed by atoms with E-state index in [4.69, 9.17) is 5.11 Å². The Morgan fingerprint density at radius 3 is 2.38 bits per heavy atom. The van der Waals surface area contributed by atoms with Gasteiger partial charge in [0.1, 0.15) is 0 Å². The summed E-state index contributed by atoms with van der Waals surface area (Å²) < 4.78 is 0. The van der Waals surface area contributed by atoms with Gasteiger partial charge in [0, 0.05) is 5.92 Å². The zero-order valence-electron chi connectivity index (χ0n) is 7.26. The summed E-state index contributed by atoms with van der Waals surface area (Å²) in [5.41, 5.74) is 0. The Hall–Kier alpha value is -0.610. The molecule has 3 N–H and O–H groups in total. The van der Waals surface area contributed by atoms with Crippen molar-refractivity contribution in [3.8, 4) is 0 Å². The lowest BCUT2D eigenvalue weighted by Gasteiger charge is -2.46. The zero-order chi connectivity index (χ0) is 9.59. The van der Waals surface area contributed by atoms with Crippen LogP contribution in [0.1, 0.15) is 19.3 Å². The Bertz CT molecular complexity index is 226. The first-order valence-electron chi connectivity index (χ1n) is 4.70. The van der Waals surface area contributed by atoms with Crippen molar-refractivity contribution >= 4 is 5.97 Å². The minimum absolute atomic E-state index is 0.0129. The van der Waals surface area contributed by atoms with Crippen molar-refractivity contribution in [2.75, 3.05) is 0 Å². The number of aliphatic hydroxyl groups excluding tert-OH is 2. The summed E-state index contributed by atoms with van der Waals surface area (Å²) >= 11 is 0. The number of carboxylic acid groups (broad SMARTS) is 1. The van der Waals surface area contributed by atoms with Gasteiger partial charge in [-0.25, -0.2) is 0 Å². The molecule has 0 unspecified atom stereocenters. The molecule has 4 nitrogen and oxygen atoms in total. The first-order chi connectivity index (χ1) is 6.11. The Labute approximate surface area is 76.2 Å². The number of fused-ring (bicyclic) bond motifs is 3. The second kappa shape index (κ2) is 2.96. The molecule has 3 rings (SSSR count). The lowest BCUT2D eigenvalue weighted by molar-refractivity contribution is -0.167. The molecule has 0 aromatic carbocycles. The van der Waals surface area contributed by atoms with E-state index in [0.717, 1.165) is 12.8 Å². The van der Waals surface area contributed by atoms with Crippen LogP contribution in [0.2, 0.25) is 0 Å². The van der Waals surface area contributed by atoms with Gasteiger partial charge >= 0.3 is 5.97 Å². The van der Waals surface area contributed by atoms with E-state index < -0.39 is 24.1 Å². The summed E-state index contributed by atoms with van der Waals surface area (Å²) in [4.78, 5) is 10.8. The van der Waals surface area contributed by atoms with Gasteiger partial charge in [-0.1, -0.05) is 0 Å². The number of aliphatic hydroxyl groups is 2. The second-order valence-electron chi connectivity index (χ2n) is 4.16. The zero-order valence-corrected chi connectivity index (χ0v) is 7.26. The highest BCUT2D eigenvalue weighted by Gasteiger charge is 2.49. The average molecular weight is 186 g/mol.